The van der Waals surface area contributed by atoms with Crippen LogP contribution in [0.4, 0.5) is 4.79 Å². The van der Waals surface area contributed by atoms with Crippen molar-refractivity contribution in [3.8, 4) is 0 Å². The molecule has 3 amide bonds. The second-order valence-corrected chi connectivity index (χ2v) is 7.47. The van der Waals surface area contributed by atoms with E-state index in [0.717, 1.165) is 17.5 Å². The van der Waals surface area contributed by atoms with Gasteiger partial charge in [0.15, 0.2) is 0 Å². The Kier molecular flexibility index (Phi) is 6.45. The molecule has 1 N–H and O–H groups in total. The van der Waals surface area contributed by atoms with Crippen LogP contribution in [0.1, 0.15) is 61.5 Å². The Hall–Kier alpha value is -2.04. The van der Waals surface area contributed by atoms with Gasteiger partial charge in [-0.1, -0.05) is 26.0 Å². The molecule has 5 heteroatoms. The van der Waals surface area contributed by atoms with E-state index in [1.165, 1.54) is 5.56 Å². The maximum atomic E-state index is 13.0. The minimum Gasteiger partial charge on any atom is -0.337 e. The highest BCUT2D eigenvalue weighted by Gasteiger charge is 2.24. The molecule has 0 atom stereocenters. The van der Waals surface area contributed by atoms with Crippen molar-refractivity contribution in [3.63, 3.8) is 0 Å². The van der Waals surface area contributed by atoms with E-state index in [4.69, 9.17) is 0 Å². The molecule has 0 unspecified atom stereocenters. The van der Waals surface area contributed by atoms with E-state index < -0.39 is 0 Å². The van der Waals surface area contributed by atoms with Crippen LogP contribution in [0.25, 0.3) is 0 Å². The summed E-state index contributed by atoms with van der Waals surface area (Å²) in [5.74, 6) is 0.470. The zero-order valence-electron chi connectivity index (χ0n) is 16.1. The molecule has 0 bridgehead atoms. The first-order chi connectivity index (χ1) is 11.8. The Morgan fingerprint density at radius 3 is 2.28 bits per heavy atom. The van der Waals surface area contributed by atoms with Gasteiger partial charge in [-0.25, -0.2) is 4.79 Å². The fourth-order valence-electron chi connectivity index (χ4n) is 3.06. The van der Waals surface area contributed by atoms with Crippen molar-refractivity contribution in [2.24, 2.45) is 0 Å². The molecular weight excluding hydrogens is 314 g/mol. The van der Waals surface area contributed by atoms with Gasteiger partial charge in [-0.15, -0.1) is 0 Å². The first-order valence-electron chi connectivity index (χ1n) is 9.25. The molecule has 0 saturated carbocycles. The van der Waals surface area contributed by atoms with Crippen molar-refractivity contribution in [2.45, 2.75) is 53.0 Å². The van der Waals surface area contributed by atoms with Gasteiger partial charge in [-0.2, -0.15) is 0 Å². The number of hydrogen-bond acceptors (Lipinski definition) is 2. The molecule has 2 rings (SSSR count). The lowest BCUT2D eigenvalue weighted by atomic mass is 9.97. The van der Waals surface area contributed by atoms with E-state index in [2.05, 4.69) is 25.2 Å². The molecule has 1 saturated heterocycles. The molecular formula is C20H31N3O2. The smallest absolute Gasteiger partial charge is 0.317 e. The molecule has 0 radical (unpaired) electrons. The Morgan fingerprint density at radius 2 is 1.64 bits per heavy atom. The Balaban J connectivity index is 2.08. The summed E-state index contributed by atoms with van der Waals surface area (Å²) in [5, 5.41) is 2.93. The van der Waals surface area contributed by atoms with E-state index in [-0.39, 0.29) is 18.0 Å². The summed E-state index contributed by atoms with van der Waals surface area (Å²) in [5.41, 5.74) is 2.97. The summed E-state index contributed by atoms with van der Waals surface area (Å²) in [7, 11) is 0. The minimum atomic E-state index is -0.0396. The van der Waals surface area contributed by atoms with Crippen LogP contribution in [0.2, 0.25) is 0 Å². The average molecular weight is 345 g/mol. The van der Waals surface area contributed by atoms with Crippen LogP contribution >= 0.6 is 0 Å². The standard InChI is InChI=1S/C20H31N3O2/c1-14(2)17-8-7-16(5)18(13-17)19(24)22-9-6-10-23(12-11-22)20(25)21-15(3)4/h7-8,13-15H,6,9-12H2,1-5H3,(H,21,25). The zero-order chi connectivity index (χ0) is 18.6. The van der Waals surface area contributed by atoms with Crippen LogP contribution in [0, 0.1) is 6.92 Å². The van der Waals surface area contributed by atoms with Gasteiger partial charge in [-0.3, -0.25) is 4.79 Å². The number of benzene rings is 1. The molecule has 1 aromatic carbocycles. The van der Waals surface area contributed by atoms with Gasteiger partial charge in [-0.05, 0) is 50.3 Å². The number of aryl methyl sites for hydroxylation is 1. The topological polar surface area (TPSA) is 52.7 Å². The highest BCUT2D eigenvalue weighted by molar-refractivity contribution is 5.96. The monoisotopic (exact) mass is 345 g/mol. The third kappa shape index (κ3) is 4.97. The van der Waals surface area contributed by atoms with Gasteiger partial charge in [0.2, 0.25) is 0 Å². The van der Waals surface area contributed by atoms with Gasteiger partial charge >= 0.3 is 6.03 Å². The quantitative estimate of drug-likeness (QED) is 0.913. The number of nitrogens with one attached hydrogen (secondary N) is 1. The van der Waals surface area contributed by atoms with Crippen molar-refractivity contribution in [2.75, 3.05) is 26.2 Å². The molecule has 1 aromatic rings. The van der Waals surface area contributed by atoms with Gasteiger partial charge in [0.25, 0.3) is 5.91 Å². The van der Waals surface area contributed by atoms with E-state index in [1.54, 1.807) is 0 Å². The molecule has 0 spiro atoms. The number of amides is 3. The maximum absolute atomic E-state index is 13.0. The van der Waals surface area contributed by atoms with E-state index in [0.29, 0.717) is 32.1 Å². The number of carbonyl (C=O) groups excluding carboxylic acids is 2. The SMILES string of the molecule is Cc1ccc(C(C)C)cc1C(=O)N1CCCN(C(=O)NC(C)C)CC1. The largest absolute Gasteiger partial charge is 0.337 e. The lowest BCUT2D eigenvalue weighted by Gasteiger charge is -2.24. The second-order valence-electron chi connectivity index (χ2n) is 7.47. The summed E-state index contributed by atoms with van der Waals surface area (Å²) in [6, 6.07) is 6.23. The number of urea groups is 1. The van der Waals surface area contributed by atoms with Crippen molar-refractivity contribution in [1.82, 2.24) is 15.1 Å². The minimum absolute atomic E-state index is 0.0396. The Morgan fingerprint density at radius 1 is 1.00 bits per heavy atom. The van der Waals surface area contributed by atoms with E-state index in [1.807, 2.05) is 42.7 Å². The molecule has 5 nitrogen and oxygen atoms in total. The molecule has 1 fully saturated rings. The van der Waals surface area contributed by atoms with Crippen LogP contribution < -0.4 is 5.32 Å². The van der Waals surface area contributed by atoms with Crippen LogP contribution in [0.5, 0.6) is 0 Å². The molecule has 1 aliphatic heterocycles. The van der Waals surface area contributed by atoms with Gasteiger partial charge in [0.1, 0.15) is 0 Å². The maximum Gasteiger partial charge on any atom is 0.317 e. The van der Waals surface area contributed by atoms with Crippen LogP contribution in [0.3, 0.4) is 0 Å². The van der Waals surface area contributed by atoms with Crippen molar-refractivity contribution in [3.05, 3.63) is 34.9 Å². The molecule has 0 aromatic heterocycles. The predicted octanol–water partition coefficient (Wildman–Crippen LogP) is 3.38. The zero-order valence-corrected chi connectivity index (χ0v) is 16.1. The summed E-state index contributed by atoms with van der Waals surface area (Å²) < 4.78 is 0. The van der Waals surface area contributed by atoms with Crippen LogP contribution in [-0.4, -0.2) is 54.0 Å². The first-order valence-corrected chi connectivity index (χ1v) is 9.25. The lowest BCUT2D eigenvalue weighted by molar-refractivity contribution is 0.0761. The number of carbonyl (C=O) groups is 2. The Labute approximate surface area is 151 Å². The van der Waals surface area contributed by atoms with Crippen molar-refractivity contribution >= 4 is 11.9 Å². The third-order valence-electron chi connectivity index (χ3n) is 4.64. The van der Waals surface area contributed by atoms with Gasteiger partial charge in [0, 0.05) is 37.8 Å². The second kappa shape index (κ2) is 8.37. The van der Waals surface area contributed by atoms with Crippen LogP contribution in [-0.2, 0) is 0 Å². The van der Waals surface area contributed by atoms with Crippen molar-refractivity contribution in [1.29, 1.82) is 0 Å². The first kappa shape index (κ1) is 19.3. The molecule has 1 aliphatic rings. The summed E-state index contributed by atoms with van der Waals surface area (Å²) in [6.07, 6.45) is 0.806. The summed E-state index contributed by atoms with van der Waals surface area (Å²) in [4.78, 5) is 28.9. The lowest BCUT2D eigenvalue weighted by Crippen LogP contribution is -2.44. The summed E-state index contributed by atoms with van der Waals surface area (Å²) >= 11 is 0. The fraction of sp³-hybridized carbons (Fsp3) is 0.600. The van der Waals surface area contributed by atoms with E-state index in [9.17, 15) is 9.59 Å². The Bertz CT molecular complexity index is 625. The summed E-state index contributed by atoms with van der Waals surface area (Å²) in [6.45, 7) is 12.7. The molecule has 138 valence electrons. The average Bonchev–Trinajstić information content (AvgIpc) is 2.80. The van der Waals surface area contributed by atoms with E-state index >= 15 is 0 Å². The number of hydrogen-bond donors (Lipinski definition) is 1. The van der Waals surface area contributed by atoms with Crippen LogP contribution in [0.15, 0.2) is 18.2 Å². The third-order valence-corrected chi connectivity index (χ3v) is 4.64. The van der Waals surface area contributed by atoms with Crippen molar-refractivity contribution < 1.29 is 9.59 Å². The van der Waals surface area contributed by atoms with Gasteiger partial charge < -0.3 is 15.1 Å². The number of rotatable bonds is 3. The molecule has 25 heavy (non-hydrogen) atoms. The van der Waals surface area contributed by atoms with Gasteiger partial charge in [0.05, 0.1) is 0 Å². The highest BCUT2D eigenvalue weighted by Crippen LogP contribution is 2.20. The molecule has 1 heterocycles. The fourth-order valence-corrected chi connectivity index (χ4v) is 3.06. The predicted molar refractivity (Wildman–Crippen MR) is 101 cm³/mol. The normalized spacial score (nSPS) is 15.5. The highest BCUT2D eigenvalue weighted by atomic mass is 16.2. The number of nitrogens with zero attached hydrogens (tertiary/aromatic N) is 2. The molecule has 0 aliphatic carbocycles.